The van der Waals surface area contributed by atoms with Crippen LogP contribution in [0, 0.1) is 6.92 Å². The molecule has 7 heteroatoms. The Labute approximate surface area is 173 Å². The van der Waals surface area contributed by atoms with Gasteiger partial charge in [-0.25, -0.2) is 4.79 Å². The molecule has 4 rings (SSSR count). The molecule has 0 fully saturated rings. The summed E-state index contributed by atoms with van der Waals surface area (Å²) in [5.74, 6) is 1.17. The highest BCUT2D eigenvalue weighted by molar-refractivity contribution is 6.15. The van der Waals surface area contributed by atoms with E-state index >= 15 is 0 Å². The smallest absolute Gasteiger partial charge is 0.343 e. The summed E-state index contributed by atoms with van der Waals surface area (Å²) in [6, 6.07) is 9.09. The summed E-state index contributed by atoms with van der Waals surface area (Å²) in [5.41, 5.74) is 2.97. The molecule has 0 saturated carbocycles. The predicted molar refractivity (Wildman–Crippen MR) is 111 cm³/mol. The van der Waals surface area contributed by atoms with Gasteiger partial charge in [0.05, 0.1) is 19.8 Å². The quantitative estimate of drug-likeness (QED) is 0.475. The Morgan fingerprint density at radius 2 is 2.00 bits per heavy atom. The number of ketones is 1. The summed E-state index contributed by atoms with van der Waals surface area (Å²) in [6.07, 6.45) is 3.67. The summed E-state index contributed by atoms with van der Waals surface area (Å²) >= 11 is 0. The molecule has 0 spiro atoms. The van der Waals surface area contributed by atoms with E-state index in [-0.39, 0.29) is 18.1 Å². The van der Waals surface area contributed by atoms with E-state index in [1.54, 1.807) is 32.2 Å². The minimum Gasteiger partial charge on any atom is -0.497 e. The van der Waals surface area contributed by atoms with Crippen LogP contribution in [-0.4, -0.2) is 37.1 Å². The second-order valence-electron chi connectivity index (χ2n) is 6.95. The SMILES string of the molecule is COC(=O)COc1ccc2c(c1C)OC(=Cc1cn(C)c3ccc(OC)cc13)C2=O. The molecule has 0 bridgehead atoms. The first-order valence-corrected chi connectivity index (χ1v) is 9.33. The van der Waals surface area contributed by atoms with Crippen molar-refractivity contribution >= 4 is 28.7 Å². The molecule has 1 aliphatic rings. The van der Waals surface area contributed by atoms with Gasteiger partial charge < -0.3 is 23.5 Å². The number of aryl methyl sites for hydroxylation is 1. The fraction of sp³-hybridized carbons (Fsp3) is 0.217. The predicted octanol–water partition coefficient (Wildman–Crippen LogP) is 3.66. The fourth-order valence-corrected chi connectivity index (χ4v) is 3.50. The molecule has 0 N–H and O–H groups in total. The number of benzene rings is 2. The van der Waals surface area contributed by atoms with Crippen molar-refractivity contribution in [3.8, 4) is 17.2 Å². The van der Waals surface area contributed by atoms with Gasteiger partial charge in [-0.3, -0.25) is 4.79 Å². The number of carbonyl (C=O) groups excluding carboxylic acids is 2. The van der Waals surface area contributed by atoms with Crippen LogP contribution in [0.4, 0.5) is 0 Å². The Morgan fingerprint density at radius 1 is 1.20 bits per heavy atom. The Balaban J connectivity index is 1.69. The topological polar surface area (TPSA) is 76.0 Å². The third-order valence-corrected chi connectivity index (χ3v) is 5.12. The van der Waals surface area contributed by atoms with Gasteiger partial charge in [0.1, 0.15) is 17.2 Å². The number of methoxy groups -OCH3 is 2. The van der Waals surface area contributed by atoms with Crippen molar-refractivity contribution in [2.24, 2.45) is 7.05 Å². The lowest BCUT2D eigenvalue weighted by Crippen LogP contribution is -2.13. The van der Waals surface area contributed by atoms with Crippen LogP contribution >= 0.6 is 0 Å². The van der Waals surface area contributed by atoms with Crippen molar-refractivity contribution in [1.82, 2.24) is 4.57 Å². The highest BCUT2D eigenvalue weighted by atomic mass is 16.6. The molecule has 0 saturated heterocycles. The van der Waals surface area contributed by atoms with E-state index < -0.39 is 5.97 Å². The monoisotopic (exact) mass is 407 g/mol. The number of hydrogen-bond donors (Lipinski definition) is 0. The average Bonchev–Trinajstić information content (AvgIpc) is 3.24. The van der Waals surface area contributed by atoms with Crippen molar-refractivity contribution in [3.63, 3.8) is 0 Å². The average molecular weight is 407 g/mol. The summed E-state index contributed by atoms with van der Waals surface area (Å²) in [7, 11) is 4.85. The zero-order chi connectivity index (χ0) is 21.4. The molecule has 154 valence electrons. The highest BCUT2D eigenvalue weighted by Crippen LogP contribution is 2.40. The molecule has 2 heterocycles. The molecular formula is C23H21NO6. The number of esters is 1. The molecule has 3 aromatic rings. The number of nitrogens with zero attached hydrogens (tertiary/aromatic N) is 1. The van der Waals surface area contributed by atoms with Gasteiger partial charge in [0, 0.05) is 35.3 Å². The number of ether oxygens (including phenoxy) is 4. The molecule has 0 atom stereocenters. The van der Waals surface area contributed by atoms with Crippen molar-refractivity contribution in [2.75, 3.05) is 20.8 Å². The Hall–Kier alpha value is -3.74. The number of rotatable bonds is 5. The van der Waals surface area contributed by atoms with E-state index in [2.05, 4.69) is 4.74 Å². The van der Waals surface area contributed by atoms with Gasteiger partial charge in [-0.1, -0.05) is 0 Å². The van der Waals surface area contributed by atoms with Crippen LogP contribution in [0.25, 0.3) is 17.0 Å². The van der Waals surface area contributed by atoms with Crippen molar-refractivity contribution in [1.29, 1.82) is 0 Å². The third-order valence-electron chi connectivity index (χ3n) is 5.12. The standard InChI is InChI=1S/C23H21NO6/c1-13-19(29-12-21(25)28-4)8-6-16-22(26)20(30-23(13)16)9-14-11-24(2)18-7-5-15(27-3)10-17(14)18/h5-11H,12H2,1-4H3. The number of fused-ring (bicyclic) bond motifs is 2. The Bertz CT molecular complexity index is 1200. The van der Waals surface area contributed by atoms with Crippen LogP contribution < -0.4 is 14.2 Å². The molecule has 0 radical (unpaired) electrons. The lowest BCUT2D eigenvalue weighted by Gasteiger charge is -2.10. The normalized spacial score (nSPS) is 14.0. The zero-order valence-corrected chi connectivity index (χ0v) is 17.1. The van der Waals surface area contributed by atoms with Crippen LogP contribution in [0.15, 0.2) is 42.3 Å². The highest BCUT2D eigenvalue weighted by Gasteiger charge is 2.30. The number of hydrogen-bond acceptors (Lipinski definition) is 6. The van der Waals surface area contributed by atoms with Crippen molar-refractivity contribution < 1.29 is 28.5 Å². The first-order valence-electron chi connectivity index (χ1n) is 9.33. The second kappa shape index (κ2) is 7.59. The lowest BCUT2D eigenvalue weighted by atomic mass is 10.1. The fourth-order valence-electron chi connectivity index (χ4n) is 3.50. The van der Waals surface area contributed by atoms with Gasteiger partial charge in [-0.15, -0.1) is 0 Å². The van der Waals surface area contributed by atoms with E-state index in [9.17, 15) is 9.59 Å². The summed E-state index contributed by atoms with van der Waals surface area (Å²) < 4.78 is 23.3. The first kappa shape index (κ1) is 19.6. The number of allylic oxidation sites excluding steroid dienone is 1. The molecule has 1 aliphatic heterocycles. The summed E-state index contributed by atoms with van der Waals surface area (Å²) in [6.45, 7) is 1.56. The maximum absolute atomic E-state index is 12.9. The molecular weight excluding hydrogens is 386 g/mol. The van der Waals surface area contributed by atoms with E-state index in [4.69, 9.17) is 14.2 Å². The first-order chi connectivity index (χ1) is 14.4. The van der Waals surface area contributed by atoms with Crippen LogP contribution in [0.1, 0.15) is 21.5 Å². The molecule has 7 nitrogen and oxygen atoms in total. The van der Waals surface area contributed by atoms with Crippen LogP contribution in [0.5, 0.6) is 17.2 Å². The zero-order valence-electron chi connectivity index (χ0n) is 17.1. The molecule has 30 heavy (non-hydrogen) atoms. The number of Topliss-reactive ketones (excluding diaryl/α,β-unsaturated/α-hetero) is 1. The largest absolute Gasteiger partial charge is 0.497 e. The van der Waals surface area contributed by atoms with E-state index in [1.807, 2.05) is 36.0 Å². The van der Waals surface area contributed by atoms with Crippen molar-refractivity contribution in [3.05, 3.63) is 59.0 Å². The van der Waals surface area contributed by atoms with Gasteiger partial charge in [0.15, 0.2) is 12.4 Å². The van der Waals surface area contributed by atoms with Gasteiger partial charge >= 0.3 is 5.97 Å². The van der Waals surface area contributed by atoms with Crippen molar-refractivity contribution in [2.45, 2.75) is 6.92 Å². The van der Waals surface area contributed by atoms with E-state index in [1.165, 1.54) is 7.11 Å². The molecule has 0 amide bonds. The van der Waals surface area contributed by atoms with Crippen LogP contribution in [0.3, 0.4) is 0 Å². The van der Waals surface area contributed by atoms with Crippen LogP contribution in [0.2, 0.25) is 0 Å². The molecule has 0 aliphatic carbocycles. The number of aromatic nitrogens is 1. The molecule has 0 unspecified atom stereocenters. The summed E-state index contributed by atoms with van der Waals surface area (Å²) in [5, 5.41) is 0.954. The lowest BCUT2D eigenvalue weighted by molar-refractivity contribution is -0.142. The molecule has 2 aromatic carbocycles. The third kappa shape index (κ3) is 3.28. The summed E-state index contributed by atoms with van der Waals surface area (Å²) in [4.78, 5) is 24.2. The van der Waals surface area contributed by atoms with Gasteiger partial charge in [0.25, 0.3) is 0 Å². The Kier molecular flexibility index (Phi) is 4.95. The Morgan fingerprint density at radius 3 is 2.73 bits per heavy atom. The van der Waals surface area contributed by atoms with Gasteiger partial charge in [-0.2, -0.15) is 0 Å². The molecule has 1 aromatic heterocycles. The second-order valence-corrected chi connectivity index (χ2v) is 6.95. The van der Waals surface area contributed by atoms with Gasteiger partial charge in [0.2, 0.25) is 5.78 Å². The maximum Gasteiger partial charge on any atom is 0.343 e. The van der Waals surface area contributed by atoms with E-state index in [0.717, 1.165) is 22.2 Å². The van der Waals surface area contributed by atoms with Gasteiger partial charge in [-0.05, 0) is 43.3 Å². The minimum absolute atomic E-state index is 0.201. The van der Waals surface area contributed by atoms with E-state index in [0.29, 0.717) is 22.6 Å². The minimum atomic E-state index is -0.487. The number of carbonyl (C=O) groups is 2. The maximum atomic E-state index is 12.9. The van der Waals surface area contributed by atoms with Crippen LogP contribution in [-0.2, 0) is 16.6 Å².